The normalized spacial score (nSPS) is 16.9. The van der Waals surface area contributed by atoms with Crippen molar-refractivity contribution in [2.24, 2.45) is 4.99 Å². The fourth-order valence-electron chi connectivity index (χ4n) is 1.68. The summed E-state index contributed by atoms with van der Waals surface area (Å²) in [6.45, 7) is 0.627. The maximum Gasteiger partial charge on any atom is 0.222 e. The van der Waals surface area contributed by atoms with Crippen molar-refractivity contribution in [3.05, 3.63) is 64.0 Å². The van der Waals surface area contributed by atoms with Crippen molar-refractivity contribution in [1.82, 2.24) is 0 Å². The van der Waals surface area contributed by atoms with Gasteiger partial charge in [-0.25, -0.2) is 4.99 Å². The highest BCUT2D eigenvalue weighted by atomic mass is 32.1. The molecule has 0 fully saturated rings. The first-order valence-corrected chi connectivity index (χ1v) is 6.31. The molecule has 84 valence electrons. The van der Waals surface area contributed by atoms with Gasteiger partial charge in [-0.15, -0.1) is 11.3 Å². The van der Waals surface area contributed by atoms with Gasteiger partial charge in [-0.05, 0) is 29.7 Å². The monoisotopic (exact) mass is 241 g/mol. The third-order valence-electron chi connectivity index (χ3n) is 2.47. The van der Waals surface area contributed by atoms with E-state index in [2.05, 4.69) is 16.4 Å². The summed E-state index contributed by atoms with van der Waals surface area (Å²) in [6.07, 6.45) is 2.05. The minimum atomic E-state index is 0.627. The highest BCUT2D eigenvalue weighted by Gasteiger charge is 2.14. The Kier molecular flexibility index (Phi) is 2.76. The van der Waals surface area contributed by atoms with Gasteiger partial charge in [0.1, 0.15) is 12.3 Å². The van der Waals surface area contributed by atoms with E-state index in [1.54, 1.807) is 11.3 Å². The van der Waals surface area contributed by atoms with Crippen molar-refractivity contribution < 1.29 is 4.74 Å². The Hall–Kier alpha value is -1.87. The Morgan fingerprint density at radius 1 is 1.12 bits per heavy atom. The molecule has 0 saturated heterocycles. The molecule has 0 aliphatic carbocycles. The molecule has 1 aromatic carbocycles. The van der Waals surface area contributed by atoms with Gasteiger partial charge in [-0.1, -0.05) is 24.3 Å². The quantitative estimate of drug-likeness (QED) is 0.787. The molecular formula is C14H11NOS. The van der Waals surface area contributed by atoms with Crippen LogP contribution in [0.5, 0.6) is 0 Å². The van der Waals surface area contributed by atoms with Crippen LogP contribution in [0.3, 0.4) is 0 Å². The van der Waals surface area contributed by atoms with Gasteiger partial charge in [0.15, 0.2) is 0 Å². The zero-order valence-corrected chi connectivity index (χ0v) is 9.98. The van der Waals surface area contributed by atoms with Gasteiger partial charge in [-0.3, -0.25) is 0 Å². The number of nitrogens with zero attached hydrogens (tertiary/aromatic N) is 1. The Morgan fingerprint density at radius 3 is 2.76 bits per heavy atom. The lowest BCUT2D eigenvalue weighted by atomic mass is 10.2. The van der Waals surface area contributed by atoms with E-state index in [1.165, 1.54) is 4.88 Å². The topological polar surface area (TPSA) is 21.6 Å². The summed E-state index contributed by atoms with van der Waals surface area (Å²) >= 11 is 1.70. The van der Waals surface area contributed by atoms with Crippen LogP contribution in [0.4, 0.5) is 0 Å². The lowest BCUT2D eigenvalue weighted by Crippen LogP contribution is -1.99. The molecule has 1 aliphatic rings. The number of aliphatic imine (C=N–C) groups is 1. The van der Waals surface area contributed by atoms with Crippen LogP contribution in [0.2, 0.25) is 0 Å². The van der Waals surface area contributed by atoms with Crippen LogP contribution in [-0.2, 0) is 4.74 Å². The first-order chi connectivity index (χ1) is 8.42. The van der Waals surface area contributed by atoms with Crippen LogP contribution in [0.15, 0.2) is 58.6 Å². The van der Waals surface area contributed by atoms with Gasteiger partial charge >= 0.3 is 0 Å². The van der Waals surface area contributed by atoms with E-state index in [4.69, 9.17) is 4.74 Å². The van der Waals surface area contributed by atoms with Crippen LogP contribution >= 0.6 is 11.3 Å². The molecule has 3 heteroatoms. The summed E-state index contributed by atoms with van der Waals surface area (Å²) < 4.78 is 5.74. The molecule has 1 aromatic heterocycles. The minimum absolute atomic E-state index is 0.627. The van der Waals surface area contributed by atoms with Gasteiger partial charge in [0.2, 0.25) is 5.90 Å². The average molecular weight is 241 g/mol. The summed E-state index contributed by atoms with van der Waals surface area (Å²) in [5.41, 5.74) is 1.03. The van der Waals surface area contributed by atoms with E-state index in [9.17, 15) is 0 Å². The van der Waals surface area contributed by atoms with E-state index >= 15 is 0 Å². The Labute approximate surface area is 104 Å². The van der Waals surface area contributed by atoms with Gasteiger partial charge in [0.25, 0.3) is 0 Å². The predicted molar refractivity (Wildman–Crippen MR) is 71.2 cm³/mol. The maximum atomic E-state index is 5.74. The Morgan fingerprint density at radius 2 is 2.00 bits per heavy atom. The van der Waals surface area contributed by atoms with Crippen LogP contribution in [0.1, 0.15) is 10.4 Å². The average Bonchev–Trinajstić information content (AvgIpc) is 3.02. The summed E-state index contributed by atoms with van der Waals surface area (Å²) in [7, 11) is 0. The van der Waals surface area contributed by atoms with Crippen LogP contribution in [0.25, 0.3) is 6.08 Å². The molecule has 1 aliphatic heterocycles. The second-order valence-electron chi connectivity index (χ2n) is 3.72. The molecule has 0 atom stereocenters. The SMILES string of the molecule is C(=C1\CN=C(c2ccccc2)O1)/c1cccs1. The van der Waals surface area contributed by atoms with Gasteiger partial charge in [0.05, 0.1) is 0 Å². The lowest BCUT2D eigenvalue weighted by molar-refractivity contribution is 0.445. The molecule has 17 heavy (non-hydrogen) atoms. The number of rotatable bonds is 2. The van der Waals surface area contributed by atoms with Crippen LogP contribution in [0, 0.1) is 0 Å². The van der Waals surface area contributed by atoms with Crippen molar-refractivity contribution >= 4 is 23.3 Å². The van der Waals surface area contributed by atoms with Crippen LogP contribution < -0.4 is 0 Å². The Balaban J connectivity index is 1.78. The van der Waals surface area contributed by atoms with Crippen molar-refractivity contribution in [1.29, 1.82) is 0 Å². The molecule has 3 rings (SSSR count). The number of hydrogen-bond donors (Lipinski definition) is 0. The molecule has 2 nitrogen and oxygen atoms in total. The van der Waals surface area contributed by atoms with Gasteiger partial charge in [0, 0.05) is 10.4 Å². The first-order valence-electron chi connectivity index (χ1n) is 5.43. The molecule has 0 unspecified atom stereocenters. The van der Waals surface area contributed by atoms with E-state index < -0.39 is 0 Å². The molecule has 0 amide bonds. The van der Waals surface area contributed by atoms with Crippen molar-refractivity contribution in [3.8, 4) is 0 Å². The van der Waals surface area contributed by atoms with Gasteiger partial charge < -0.3 is 4.74 Å². The van der Waals surface area contributed by atoms with E-state index in [1.807, 2.05) is 42.5 Å². The zero-order valence-electron chi connectivity index (χ0n) is 9.17. The van der Waals surface area contributed by atoms with E-state index in [0.29, 0.717) is 12.4 Å². The number of benzene rings is 1. The lowest BCUT2D eigenvalue weighted by Gasteiger charge is -2.01. The van der Waals surface area contributed by atoms with E-state index in [-0.39, 0.29) is 0 Å². The number of ether oxygens (including phenoxy) is 1. The Bertz CT molecular complexity index is 555. The molecule has 0 saturated carbocycles. The summed E-state index contributed by atoms with van der Waals surface area (Å²) in [5.74, 6) is 1.62. The zero-order chi connectivity index (χ0) is 11.5. The highest BCUT2D eigenvalue weighted by molar-refractivity contribution is 7.10. The largest absolute Gasteiger partial charge is 0.441 e. The molecule has 0 N–H and O–H groups in total. The highest BCUT2D eigenvalue weighted by Crippen LogP contribution is 2.19. The third-order valence-corrected chi connectivity index (χ3v) is 3.29. The molecule has 0 bridgehead atoms. The minimum Gasteiger partial charge on any atom is -0.441 e. The standard InChI is InChI=1S/C14H11NOS/c1-2-5-11(6-3-1)14-15-10-12(16-14)9-13-7-4-8-17-13/h1-9H,10H2/b12-9-. The predicted octanol–water partition coefficient (Wildman–Crippen LogP) is 3.57. The van der Waals surface area contributed by atoms with Gasteiger partial charge in [-0.2, -0.15) is 0 Å². The first kappa shape index (κ1) is 10.3. The third kappa shape index (κ3) is 2.29. The number of hydrogen-bond acceptors (Lipinski definition) is 3. The van der Waals surface area contributed by atoms with Crippen molar-refractivity contribution in [2.75, 3.05) is 6.54 Å². The van der Waals surface area contributed by atoms with Crippen molar-refractivity contribution in [2.45, 2.75) is 0 Å². The molecule has 0 spiro atoms. The maximum absolute atomic E-state index is 5.74. The second kappa shape index (κ2) is 4.55. The summed E-state index contributed by atoms with van der Waals surface area (Å²) in [6, 6.07) is 14.1. The smallest absolute Gasteiger partial charge is 0.222 e. The summed E-state index contributed by atoms with van der Waals surface area (Å²) in [4.78, 5) is 5.60. The fourth-order valence-corrected chi connectivity index (χ4v) is 2.35. The number of thiophene rings is 1. The molecule has 0 radical (unpaired) electrons. The van der Waals surface area contributed by atoms with Crippen molar-refractivity contribution in [3.63, 3.8) is 0 Å². The molecule has 2 aromatic rings. The second-order valence-corrected chi connectivity index (χ2v) is 4.69. The summed E-state index contributed by atoms with van der Waals surface area (Å²) in [5, 5.41) is 2.06. The van der Waals surface area contributed by atoms with E-state index in [0.717, 1.165) is 11.3 Å². The molecule has 2 heterocycles. The molecular weight excluding hydrogens is 230 g/mol. The van der Waals surface area contributed by atoms with Crippen LogP contribution in [-0.4, -0.2) is 12.4 Å². The fraction of sp³-hybridized carbons (Fsp3) is 0.0714.